The average Bonchev–Trinajstić information content (AvgIpc) is 2.26. The van der Waals surface area contributed by atoms with Crippen LogP contribution in [0.1, 0.15) is 13.8 Å². The molecule has 0 aliphatic rings. The molecule has 0 aromatic heterocycles. The number of nitrogens with two attached hydrogens (primary N) is 1. The standard InChI is InChI=1S/C12H19N3O4S.ClH/c1-12(2,15-20(4,17)18)11(16)14-8-5-6-10(19-3)9(13)7-8;/h5-7,15H,13H2,1-4H3,(H,14,16);1H. The quantitative estimate of drug-likeness (QED) is 0.693. The number of carbonyl (C=O) groups excluding carboxylic acids is 1. The molecule has 0 atom stereocenters. The Hall–Kier alpha value is -1.51. The third kappa shape index (κ3) is 5.78. The Balaban J connectivity index is 0.00000400. The molecular weight excluding hydrogens is 318 g/mol. The van der Waals surface area contributed by atoms with E-state index >= 15 is 0 Å². The van der Waals surface area contributed by atoms with Gasteiger partial charge in [-0.15, -0.1) is 12.4 Å². The summed E-state index contributed by atoms with van der Waals surface area (Å²) in [5.41, 5.74) is 5.28. The van der Waals surface area contributed by atoms with Gasteiger partial charge >= 0.3 is 0 Å². The van der Waals surface area contributed by atoms with Gasteiger partial charge in [0.15, 0.2) is 0 Å². The molecule has 4 N–H and O–H groups in total. The molecule has 7 nitrogen and oxygen atoms in total. The van der Waals surface area contributed by atoms with E-state index in [1.807, 2.05) is 0 Å². The molecule has 0 bridgehead atoms. The summed E-state index contributed by atoms with van der Waals surface area (Å²) >= 11 is 0. The Morgan fingerprint density at radius 2 is 1.90 bits per heavy atom. The molecule has 1 aromatic carbocycles. The maximum absolute atomic E-state index is 12.1. The third-order valence-electron chi connectivity index (χ3n) is 2.50. The first-order valence-corrected chi connectivity index (χ1v) is 7.68. The minimum Gasteiger partial charge on any atom is -0.495 e. The van der Waals surface area contributed by atoms with Crippen molar-refractivity contribution in [2.75, 3.05) is 24.4 Å². The second kappa shape index (κ2) is 6.97. The van der Waals surface area contributed by atoms with E-state index < -0.39 is 21.5 Å². The molecule has 0 aliphatic heterocycles. The van der Waals surface area contributed by atoms with Crippen LogP contribution in [0.5, 0.6) is 5.75 Å². The normalized spacial score (nSPS) is 11.4. The third-order valence-corrected chi connectivity index (χ3v) is 3.38. The minimum absolute atomic E-state index is 0. The van der Waals surface area contributed by atoms with Crippen LogP contribution in [-0.4, -0.2) is 33.2 Å². The number of amides is 1. The molecule has 9 heteroatoms. The summed E-state index contributed by atoms with van der Waals surface area (Å²) in [5.74, 6) is 0.00371. The van der Waals surface area contributed by atoms with Crippen LogP contribution in [-0.2, 0) is 14.8 Å². The van der Waals surface area contributed by atoms with Crippen molar-refractivity contribution in [1.82, 2.24) is 4.72 Å². The topological polar surface area (TPSA) is 111 Å². The number of anilines is 2. The van der Waals surface area contributed by atoms with Gasteiger partial charge in [-0.3, -0.25) is 4.79 Å². The highest BCUT2D eigenvalue weighted by Gasteiger charge is 2.30. The molecule has 0 saturated carbocycles. The maximum atomic E-state index is 12.1. The number of benzene rings is 1. The number of halogens is 1. The molecule has 21 heavy (non-hydrogen) atoms. The molecule has 1 amide bonds. The Morgan fingerprint density at radius 3 is 2.33 bits per heavy atom. The van der Waals surface area contributed by atoms with Crippen LogP contribution in [0.4, 0.5) is 11.4 Å². The molecule has 120 valence electrons. The number of hydrogen-bond donors (Lipinski definition) is 3. The van der Waals surface area contributed by atoms with Crippen molar-refractivity contribution < 1.29 is 17.9 Å². The van der Waals surface area contributed by atoms with E-state index in [0.29, 0.717) is 17.1 Å². The van der Waals surface area contributed by atoms with E-state index in [2.05, 4.69) is 10.0 Å². The number of nitrogens with one attached hydrogen (secondary N) is 2. The van der Waals surface area contributed by atoms with Crippen LogP contribution in [0.2, 0.25) is 0 Å². The Morgan fingerprint density at radius 1 is 1.33 bits per heavy atom. The first-order chi connectivity index (χ1) is 9.05. The zero-order valence-corrected chi connectivity index (χ0v) is 13.9. The number of rotatable bonds is 5. The van der Waals surface area contributed by atoms with Crippen molar-refractivity contribution in [3.8, 4) is 5.75 Å². The van der Waals surface area contributed by atoms with Crippen LogP contribution in [0, 0.1) is 0 Å². The van der Waals surface area contributed by atoms with Crippen molar-refractivity contribution >= 4 is 39.7 Å². The lowest BCUT2D eigenvalue weighted by atomic mass is 10.1. The first-order valence-electron chi connectivity index (χ1n) is 5.79. The second-order valence-corrected chi connectivity index (χ2v) is 6.66. The molecule has 0 radical (unpaired) electrons. The minimum atomic E-state index is -3.49. The number of hydrogen-bond acceptors (Lipinski definition) is 5. The van der Waals surface area contributed by atoms with E-state index in [1.165, 1.54) is 27.0 Å². The molecule has 1 aromatic rings. The van der Waals surface area contributed by atoms with Gasteiger partial charge in [0.05, 0.1) is 19.1 Å². The molecular formula is C12H20ClN3O4S. The summed E-state index contributed by atoms with van der Waals surface area (Å²) in [7, 11) is -2.00. The van der Waals surface area contributed by atoms with E-state index in [4.69, 9.17) is 10.5 Å². The summed E-state index contributed by atoms with van der Waals surface area (Å²) in [6, 6.07) is 4.76. The van der Waals surface area contributed by atoms with E-state index in [-0.39, 0.29) is 12.4 Å². The van der Waals surface area contributed by atoms with Crippen LogP contribution in [0.25, 0.3) is 0 Å². The summed E-state index contributed by atoms with van der Waals surface area (Å²) < 4.78 is 29.7. The Kier molecular flexibility index (Phi) is 6.47. The zero-order valence-electron chi connectivity index (χ0n) is 12.3. The van der Waals surface area contributed by atoms with Crippen molar-refractivity contribution in [2.24, 2.45) is 0 Å². The summed E-state index contributed by atoms with van der Waals surface area (Å²) in [6.07, 6.45) is 0.993. The van der Waals surface area contributed by atoms with Crippen LogP contribution in [0.3, 0.4) is 0 Å². The van der Waals surface area contributed by atoms with Gasteiger partial charge in [0.25, 0.3) is 0 Å². The predicted octanol–water partition coefficient (Wildman–Crippen LogP) is 0.965. The van der Waals surface area contributed by atoms with E-state index in [0.717, 1.165) is 6.26 Å². The van der Waals surface area contributed by atoms with Gasteiger partial charge in [-0.2, -0.15) is 0 Å². The SMILES string of the molecule is COc1ccc(NC(=O)C(C)(C)NS(C)(=O)=O)cc1N.Cl. The predicted molar refractivity (Wildman–Crippen MR) is 85.3 cm³/mol. The number of ether oxygens (including phenoxy) is 1. The zero-order chi connectivity index (χ0) is 15.6. The van der Waals surface area contributed by atoms with Crippen molar-refractivity contribution in [2.45, 2.75) is 19.4 Å². The number of sulfonamides is 1. The highest BCUT2D eigenvalue weighted by Crippen LogP contribution is 2.25. The first kappa shape index (κ1) is 19.5. The van der Waals surface area contributed by atoms with Gasteiger partial charge in [0.2, 0.25) is 15.9 Å². The lowest BCUT2D eigenvalue weighted by Gasteiger charge is -2.24. The average molecular weight is 338 g/mol. The van der Waals surface area contributed by atoms with Gasteiger partial charge < -0.3 is 15.8 Å². The van der Waals surface area contributed by atoms with Crippen LogP contribution >= 0.6 is 12.4 Å². The molecule has 0 spiro atoms. The largest absolute Gasteiger partial charge is 0.495 e. The molecule has 0 heterocycles. The fourth-order valence-corrected chi connectivity index (χ4v) is 2.63. The van der Waals surface area contributed by atoms with Gasteiger partial charge in [-0.1, -0.05) is 0 Å². The van der Waals surface area contributed by atoms with Gasteiger partial charge in [0, 0.05) is 5.69 Å². The fourth-order valence-electron chi connectivity index (χ4n) is 1.61. The summed E-state index contributed by atoms with van der Waals surface area (Å²) in [4.78, 5) is 12.1. The Labute approximate surface area is 130 Å². The van der Waals surface area contributed by atoms with E-state index in [9.17, 15) is 13.2 Å². The van der Waals surface area contributed by atoms with Crippen molar-refractivity contribution in [3.05, 3.63) is 18.2 Å². The highest BCUT2D eigenvalue weighted by atomic mass is 35.5. The van der Waals surface area contributed by atoms with Crippen LogP contribution in [0.15, 0.2) is 18.2 Å². The lowest BCUT2D eigenvalue weighted by Crippen LogP contribution is -2.51. The summed E-state index contributed by atoms with van der Waals surface area (Å²) in [5, 5.41) is 2.60. The molecule has 0 aliphatic carbocycles. The second-order valence-electron chi connectivity index (χ2n) is 4.91. The Bertz CT molecular complexity index is 617. The number of nitrogen functional groups attached to an aromatic ring is 1. The molecule has 0 unspecified atom stereocenters. The van der Waals surface area contributed by atoms with Crippen LogP contribution < -0.4 is 20.5 Å². The molecule has 0 fully saturated rings. The summed E-state index contributed by atoms with van der Waals surface area (Å²) in [6.45, 7) is 2.94. The maximum Gasteiger partial charge on any atom is 0.245 e. The highest BCUT2D eigenvalue weighted by molar-refractivity contribution is 7.88. The lowest BCUT2D eigenvalue weighted by molar-refractivity contribution is -0.120. The van der Waals surface area contributed by atoms with Gasteiger partial charge in [0.1, 0.15) is 11.3 Å². The number of carbonyl (C=O) groups is 1. The smallest absolute Gasteiger partial charge is 0.245 e. The fraction of sp³-hybridized carbons (Fsp3) is 0.417. The van der Waals surface area contributed by atoms with E-state index in [1.54, 1.807) is 12.1 Å². The van der Waals surface area contributed by atoms with Crippen molar-refractivity contribution in [1.29, 1.82) is 0 Å². The van der Waals surface area contributed by atoms with Gasteiger partial charge in [-0.05, 0) is 32.0 Å². The monoisotopic (exact) mass is 337 g/mol. The van der Waals surface area contributed by atoms with Crippen molar-refractivity contribution in [3.63, 3.8) is 0 Å². The molecule has 1 rings (SSSR count). The molecule has 0 saturated heterocycles. The number of methoxy groups -OCH3 is 1. The van der Waals surface area contributed by atoms with Gasteiger partial charge in [-0.25, -0.2) is 13.1 Å².